The number of carbonyl (C=O) groups excluding carboxylic acids is 1. The van der Waals surface area contributed by atoms with Crippen LogP contribution in [-0.4, -0.2) is 28.3 Å². The van der Waals surface area contributed by atoms with Crippen molar-refractivity contribution in [2.45, 2.75) is 6.92 Å². The van der Waals surface area contributed by atoms with Gasteiger partial charge in [0.1, 0.15) is 5.75 Å². The molecule has 7 heteroatoms. The number of nitrogens with zero attached hydrogens (tertiary/aromatic N) is 1. The molecule has 0 atom stereocenters. The van der Waals surface area contributed by atoms with Crippen LogP contribution < -0.4 is 39.0 Å². The van der Waals surface area contributed by atoms with Crippen molar-refractivity contribution < 1.29 is 45.3 Å². The molecule has 0 aliphatic carbocycles. The van der Waals surface area contributed by atoms with E-state index in [0.29, 0.717) is 6.61 Å². The summed E-state index contributed by atoms with van der Waals surface area (Å²) in [6, 6.07) is 5.60. The Labute approximate surface area is 133 Å². The maximum Gasteiger partial charge on any atom is 1.00 e. The van der Waals surface area contributed by atoms with Crippen LogP contribution in [0.5, 0.6) is 11.8 Å². The number of carbonyl (C=O) groups is 1. The van der Waals surface area contributed by atoms with Gasteiger partial charge < -0.3 is 15.9 Å². The van der Waals surface area contributed by atoms with Gasteiger partial charge in [0.15, 0.2) is 0 Å². The van der Waals surface area contributed by atoms with Crippen LogP contribution in [0.2, 0.25) is 0 Å². The van der Waals surface area contributed by atoms with Gasteiger partial charge in [-0.15, -0.1) is 0 Å². The van der Waals surface area contributed by atoms with Crippen LogP contribution in [0.1, 0.15) is 8.35 Å². The molecule has 1 N–H and O–H groups in total. The maximum atomic E-state index is 11.0. The average molecular weight is 276 g/mol. The zero-order chi connectivity index (χ0) is 12.3. The number of ether oxygens (including phenoxy) is 2. The predicted molar refractivity (Wildman–Crippen MR) is 67.9 cm³/mol. The molecule has 2 rings (SSSR count). The first-order chi connectivity index (χ1) is 8.22. The van der Waals surface area contributed by atoms with Gasteiger partial charge in [0.05, 0.1) is 23.4 Å². The van der Waals surface area contributed by atoms with Crippen molar-refractivity contribution in [3.8, 4) is 11.8 Å². The summed E-state index contributed by atoms with van der Waals surface area (Å²) in [5.41, 5.74) is 1.48. The van der Waals surface area contributed by atoms with Crippen molar-refractivity contribution in [3.63, 3.8) is 0 Å². The second-order valence-corrected chi connectivity index (χ2v) is 3.60. The summed E-state index contributed by atoms with van der Waals surface area (Å²) in [6.07, 6.45) is 0. The standard InChI is InChI=1S/C11H12N2O3S.Na.H/c1-2-15-7-3-4-8-9(5-7)13-11(12-8)16-10(14)6-17;;/h3-5,17H,2,6H2,1H3,(H,12,13);;/q;+1;-1. The average Bonchev–Trinajstić information content (AvgIpc) is 2.70. The third-order valence-corrected chi connectivity index (χ3v) is 2.34. The molecular weight excluding hydrogens is 263 g/mol. The Morgan fingerprint density at radius 1 is 1.56 bits per heavy atom. The molecule has 0 saturated carbocycles. The predicted octanol–water partition coefficient (Wildman–Crippen LogP) is -1.09. The largest absolute Gasteiger partial charge is 1.00 e. The third-order valence-electron chi connectivity index (χ3n) is 2.08. The molecule has 92 valence electrons. The van der Waals surface area contributed by atoms with E-state index in [0.717, 1.165) is 16.8 Å². The van der Waals surface area contributed by atoms with Crippen LogP contribution in [0.4, 0.5) is 0 Å². The van der Waals surface area contributed by atoms with Crippen LogP contribution in [0, 0.1) is 0 Å². The molecule has 0 aliphatic heterocycles. The number of hydrogen-bond acceptors (Lipinski definition) is 5. The number of esters is 1. The van der Waals surface area contributed by atoms with Crippen LogP contribution in [0.25, 0.3) is 11.0 Å². The SMILES string of the molecule is CCOc1ccc2nc(OC(=O)CS)[nH]c2c1.[H-].[Na+]. The zero-order valence-electron chi connectivity index (χ0n) is 11.3. The topological polar surface area (TPSA) is 64.2 Å². The molecule has 0 aliphatic rings. The molecule has 0 radical (unpaired) electrons. The Bertz CT molecular complexity index is 550. The Kier molecular flexibility index (Phi) is 6.01. The Balaban J connectivity index is 0.00000162. The molecule has 5 nitrogen and oxygen atoms in total. The van der Waals surface area contributed by atoms with Crippen molar-refractivity contribution in [2.24, 2.45) is 0 Å². The van der Waals surface area contributed by atoms with E-state index in [-0.39, 0.29) is 42.7 Å². The van der Waals surface area contributed by atoms with Crippen molar-refractivity contribution in [1.82, 2.24) is 9.97 Å². The molecule has 1 aromatic carbocycles. The first-order valence-corrected chi connectivity index (χ1v) is 5.80. The fraction of sp³-hybridized carbons (Fsp3) is 0.273. The number of aromatic nitrogens is 2. The number of nitrogens with one attached hydrogen (secondary N) is 1. The summed E-state index contributed by atoms with van der Waals surface area (Å²) in [6.45, 7) is 2.51. The van der Waals surface area contributed by atoms with Gasteiger partial charge in [-0.1, -0.05) is 0 Å². The third kappa shape index (κ3) is 3.65. The number of H-pyrrole nitrogens is 1. The molecule has 18 heavy (non-hydrogen) atoms. The van der Waals surface area contributed by atoms with E-state index in [2.05, 4.69) is 22.6 Å². The van der Waals surface area contributed by atoms with E-state index in [1.165, 1.54) is 0 Å². The Morgan fingerprint density at radius 2 is 2.33 bits per heavy atom. The summed E-state index contributed by atoms with van der Waals surface area (Å²) in [7, 11) is 0. The second-order valence-electron chi connectivity index (χ2n) is 3.29. The van der Waals surface area contributed by atoms with Crippen LogP contribution in [0.15, 0.2) is 18.2 Å². The minimum absolute atomic E-state index is 0. The van der Waals surface area contributed by atoms with Gasteiger partial charge in [0, 0.05) is 6.07 Å². The van der Waals surface area contributed by atoms with Crippen LogP contribution in [0.3, 0.4) is 0 Å². The fourth-order valence-corrected chi connectivity index (χ4v) is 1.47. The van der Waals surface area contributed by atoms with Gasteiger partial charge in [-0.05, 0) is 19.1 Å². The van der Waals surface area contributed by atoms with Crippen molar-refractivity contribution in [3.05, 3.63) is 18.2 Å². The molecule has 0 unspecified atom stereocenters. The summed E-state index contributed by atoms with van der Waals surface area (Å²) in [5.74, 6) is 0.314. The minimum atomic E-state index is -0.447. The van der Waals surface area contributed by atoms with Gasteiger partial charge >= 0.3 is 41.5 Å². The van der Waals surface area contributed by atoms with Gasteiger partial charge in [0.25, 0.3) is 0 Å². The molecule has 0 fully saturated rings. The number of rotatable bonds is 4. The van der Waals surface area contributed by atoms with Gasteiger partial charge in [-0.2, -0.15) is 17.6 Å². The van der Waals surface area contributed by atoms with E-state index in [1.54, 1.807) is 6.07 Å². The molecule has 0 spiro atoms. The first kappa shape index (κ1) is 15.4. The summed E-state index contributed by atoms with van der Waals surface area (Å²) in [5, 5.41) is 0. The van der Waals surface area contributed by atoms with E-state index < -0.39 is 5.97 Å². The molecule has 0 saturated heterocycles. The monoisotopic (exact) mass is 276 g/mol. The van der Waals surface area contributed by atoms with Crippen LogP contribution in [-0.2, 0) is 4.79 Å². The molecule has 2 aromatic rings. The van der Waals surface area contributed by atoms with Crippen molar-refractivity contribution in [2.75, 3.05) is 12.4 Å². The van der Waals surface area contributed by atoms with E-state index in [1.807, 2.05) is 19.1 Å². The van der Waals surface area contributed by atoms with E-state index in [4.69, 9.17) is 9.47 Å². The smallest absolute Gasteiger partial charge is 1.00 e. The van der Waals surface area contributed by atoms with Gasteiger partial charge in [-0.3, -0.25) is 4.79 Å². The van der Waals surface area contributed by atoms with Gasteiger partial charge in [-0.25, -0.2) is 0 Å². The molecule has 1 heterocycles. The minimum Gasteiger partial charge on any atom is -1.00 e. The number of imidazole rings is 1. The molecule has 1 aromatic heterocycles. The number of benzene rings is 1. The molecule has 0 bridgehead atoms. The van der Waals surface area contributed by atoms with Crippen molar-refractivity contribution in [1.29, 1.82) is 0 Å². The number of hydrogen-bond donors (Lipinski definition) is 2. The number of fused-ring (bicyclic) bond motifs is 1. The fourth-order valence-electron chi connectivity index (χ4n) is 1.41. The maximum absolute atomic E-state index is 11.0. The van der Waals surface area contributed by atoms with Crippen LogP contribution >= 0.6 is 12.6 Å². The normalized spacial score (nSPS) is 9.89. The summed E-state index contributed by atoms with van der Waals surface area (Å²) in [4.78, 5) is 18.0. The van der Waals surface area contributed by atoms with E-state index >= 15 is 0 Å². The van der Waals surface area contributed by atoms with Gasteiger partial charge in [0.2, 0.25) is 0 Å². The second kappa shape index (κ2) is 7.04. The first-order valence-electron chi connectivity index (χ1n) is 5.17. The Morgan fingerprint density at radius 3 is 3.00 bits per heavy atom. The summed E-state index contributed by atoms with van der Waals surface area (Å²) >= 11 is 3.82. The molecular formula is C11H13N2NaO3S. The quantitative estimate of drug-likeness (QED) is 0.423. The Hall–Kier alpha value is -0.690. The number of thiol groups is 1. The molecule has 0 amide bonds. The number of aromatic amines is 1. The zero-order valence-corrected chi connectivity index (χ0v) is 13.2. The summed E-state index contributed by atoms with van der Waals surface area (Å²) < 4.78 is 10.3. The van der Waals surface area contributed by atoms with E-state index in [9.17, 15) is 4.79 Å². The van der Waals surface area contributed by atoms with Crippen molar-refractivity contribution >= 4 is 29.6 Å².